The molecule has 0 radical (unpaired) electrons. The first-order valence-electron chi connectivity index (χ1n) is 8.55. The van der Waals surface area contributed by atoms with E-state index in [1.54, 1.807) is 23.6 Å². The van der Waals surface area contributed by atoms with Crippen LogP contribution in [0.4, 0.5) is 0 Å². The summed E-state index contributed by atoms with van der Waals surface area (Å²) in [5, 5.41) is 5.53. The third-order valence-electron chi connectivity index (χ3n) is 3.42. The fourth-order valence-corrected chi connectivity index (χ4v) is 3.93. The monoisotopic (exact) mass is 396 g/mol. The summed E-state index contributed by atoms with van der Waals surface area (Å²) in [6.07, 6.45) is 4.70. The highest BCUT2D eigenvalue weighted by Gasteiger charge is 2.13. The van der Waals surface area contributed by atoms with Crippen LogP contribution in [0.5, 0.6) is 11.5 Å². The van der Waals surface area contributed by atoms with Crippen LogP contribution < -0.4 is 14.3 Å². The van der Waals surface area contributed by atoms with Crippen molar-refractivity contribution in [3.05, 3.63) is 41.3 Å². The summed E-state index contributed by atoms with van der Waals surface area (Å²) in [7, 11) is -3.62. The maximum atomic E-state index is 12.0. The van der Waals surface area contributed by atoms with Gasteiger partial charge in [-0.05, 0) is 48.6 Å². The molecule has 2 rings (SSSR count). The Morgan fingerprint density at radius 3 is 2.69 bits per heavy atom. The molecule has 0 amide bonds. The molecule has 0 saturated heterocycles. The number of unbranched alkanes of at least 4 members (excludes halogenated alkanes) is 2. The van der Waals surface area contributed by atoms with Gasteiger partial charge < -0.3 is 9.47 Å². The highest BCUT2D eigenvalue weighted by Crippen LogP contribution is 2.28. The third kappa shape index (κ3) is 6.03. The van der Waals surface area contributed by atoms with Crippen LogP contribution >= 0.6 is 11.3 Å². The summed E-state index contributed by atoms with van der Waals surface area (Å²) in [5.41, 5.74) is 0.711. The lowest BCUT2D eigenvalue weighted by Gasteiger charge is -2.12. The van der Waals surface area contributed by atoms with Crippen molar-refractivity contribution < 1.29 is 17.9 Å². The summed E-state index contributed by atoms with van der Waals surface area (Å²) in [5.74, 6) is 1.30. The summed E-state index contributed by atoms with van der Waals surface area (Å²) >= 11 is 1.14. The highest BCUT2D eigenvalue weighted by atomic mass is 32.2. The van der Waals surface area contributed by atoms with Crippen molar-refractivity contribution in [2.75, 3.05) is 13.2 Å². The number of nitrogens with one attached hydrogen (secondary N) is 1. The smallest absolute Gasteiger partial charge is 0.286 e. The molecule has 1 aromatic carbocycles. The molecule has 0 unspecified atom stereocenters. The Balaban J connectivity index is 2.03. The van der Waals surface area contributed by atoms with E-state index in [-0.39, 0.29) is 4.21 Å². The average molecular weight is 397 g/mol. The Morgan fingerprint density at radius 1 is 1.15 bits per heavy atom. The van der Waals surface area contributed by atoms with E-state index in [0.29, 0.717) is 30.3 Å². The van der Waals surface area contributed by atoms with E-state index in [0.717, 1.165) is 30.6 Å². The lowest BCUT2D eigenvalue weighted by molar-refractivity contribution is 0.271. The van der Waals surface area contributed by atoms with Crippen molar-refractivity contribution >= 4 is 27.6 Å². The molecule has 0 aliphatic rings. The van der Waals surface area contributed by atoms with Crippen LogP contribution in [0.15, 0.2) is 45.0 Å². The van der Waals surface area contributed by atoms with E-state index in [1.807, 2.05) is 13.0 Å². The molecule has 0 saturated carbocycles. The van der Waals surface area contributed by atoms with E-state index in [4.69, 9.17) is 9.47 Å². The van der Waals surface area contributed by atoms with Gasteiger partial charge >= 0.3 is 0 Å². The Kier molecular flexibility index (Phi) is 7.93. The Hall–Kier alpha value is -2.06. The zero-order chi connectivity index (χ0) is 18.8. The average Bonchev–Trinajstić information content (AvgIpc) is 3.16. The zero-order valence-electron chi connectivity index (χ0n) is 15.0. The number of rotatable bonds is 11. The van der Waals surface area contributed by atoms with Gasteiger partial charge in [-0.25, -0.2) is 0 Å². The van der Waals surface area contributed by atoms with Gasteiger partial charge in [-0.1, -0.05) is 25.8 Å². The standard InChI is InChI=1S/C18H24N2O4S2/c1-3-5-6-11-24-16-10-9-15(13-17(16)23-4-2)14-19-20-26(21,22)18-8-7-12-25-18/h7-10,12-14,20H,3-6,11H2,1-2H3/b19-14+. The lowest BCUT2D eigenvalue weighted by atomic mass is 10.2. The molecule has 1 N–H and O–H groups in total. The van der Waals surface area contributed by atoms with Crippen LogP contribution in [-0.2, 0) is 10.0 Å². The molecule has 26 heavy (non-hydrogen) atoms. The molecule has 0 fully saturated rings. The normalized spacial score (nSPS) is 11.6. The maximum Gasteiger partial charge on any atom is 0.286 e. The molecule has 6 nitrogen and oxygen atoms in total. The van der Waals surface area contributed by atoms with Crippen molar-refractivity contribution in [1.29, 1.82) is 0 Å². The van der Waals surface area contributed by atoms with Gasteiger partial charge in [0.2, 0.25) is 0 Å². The van der Waals surface area contributed by atoms with Crippen LogP contribution in [0.25, 0.3) is 0 Å². The molecule has 142 valence electrons. The van der Waals surface area contributed by atoms with E-state index in [9.17, 15) is 8.42 Å². The van der Waals surface area contributed by atoms with E-state index in [1.165, 1.54) is 12.3 Å². The van der Waals surface area contributed by atoms with Crippen molar-refractivity contribution in [3.63, 3.8) is 0 Å². The number of benzene rings is 1. The van der Waals surface area contributed by atoms with Gasteiger partial charge in [0.05, 0.1) is 19.4 Å². The highest BCUT2D eigenvalue weighted by molar-refractivity contribution is 7.91. The first-order valence-corrected chi connectivity index (χ1v) is 10.9. The molecule has 0 bridgehead atoms. The minimum absolute atomic E-state index is 0.223. The van der Waals surface area contributed by atoms with Crippen molar-refractivity contribution in [1.82, 2.24) is 4.83 Å². The molecule has 1 aromatic heterocycles. The van der Waals surface area contributed by atoms with E-state index in [2.05, 4.69) is 16.9 Å². The molecule has 0 atom stereocenters. The number of nitrogens with zero attached hydrogens (tertiary/aromatic N) is 1. The van der Waals surface area contributed by atoms with Crippen LogP contribution in [0.1, 0.15) is 38.7 Å². The van der Waals surface area contributed by atoms with Gasteiger partial charge in [-0.2, -0.15) is 18.4 Å². The molecular formula is C18H24N2O4S2. The fourth-order valence-electron chi connectivity index (χ4n) is 2.16. The van der Waals surface area contributed by atoms with Crippen LogP contribution in [-0.4, -0.2) is 27.8 Å². The number of ether oxygens (including phenoxy) is 2. The molecule has 0 spiro atoms. The Labute approximate surface area is 158 Å². The molecular weight excluding hydrogens is 372 g/mol. The van der Waals surface area contributed by atoms with Gasteiger partial charge in [0.1, 0.15) is 4.21 Å². The Morgan fingerprint density at radius 2 is 2.00 bits per heavy atom. The summed E-state index contributed by atoms with van der Waals surface area (Å²) in [6, 6.07) is 8.60. The molecule has 1 heterocycles. The second-order valence-corrected chi connectivity index (χ2v) is 8.32. The van der Waals surface area contributed by atoms with Crippen molar-refractivity contribution in [2.24, 2.45) is 5.10 Å². The topological polar surface area (TPSA) is 77.0 Å². The Bertz CT molecular complexity index is 803. The number of thiophene rings is 1. The minimum atomic E-state index is -3.62. The number of hydrazone groups is 1. The fraction of sp³-hybridized carbons (Fsp3) is 0.389. The van der Waals surface area contributed by atoms with Gasteiger partial charge in [0.25, 0.3) is 10.0 Å². The first kappa shape index (κ1) is 20.3. The van der Waals surface area contributed by atoms with Crippen molar-refractivity contribution in [2.45, 2.75) is 37.3 Å². The molecule has 0 aliphatic carbocycles. The molecule has 8 heteroatoms. The van der Waals surface area contributed by atoms with Crippen LogP contribution in [0, 0.1) is 0 Å². The predicted octanol–water partition coefficient (Wildman–Crippen LogP) is 4.03. The van der Waals surface area contributed by atoms with Crippen LogP contribution in [0.3, 0.4) is 0 Å². The number of hydrogen-bond acceptors (Lipinski definition) is 6. The van der Waals surface area contributed by atoms with E-state index >= 15 is 0 Å². The zero-order valence-corrected chi connectivity index (χ0v) is 16.6. The van der Waals surface area contributed by atoms with Crippen molar-refractivity contribution in [3.8, 4) is 11.5 Å². The third-order valence-corrected chi connectivity index (χ3v) is 6.04. The second-order valence-electron chi connectivity index (χ2n) is 5.48. The summed E-state index contributed by atoms with van der Waals surface area (Å²) < 4.78 is 35.7. The van der Waals surface area contributed by atoms with Gasteiger partial charge in [0, 0.05) is 0 Å². The van der Waals surface area contributed by atoms with Gasteiger partial charge in [0.15, 0.2) is 11.5 Å². The van der Waals surface area contributed by atoms with Gasteiger partial charge in [-0.3, -0.25) is 0 Å². The largest absolute Gasteiger partial charge is 0.490 e. The van der Waals surface area contributed by atoms with Crippen LogP contribution in [0.2, 0.25) is 0 Å². The summed E-state index contributed by atoms with van der Waals surface area (Å²) in [4.78, 5) is 2.20. The molecule has 2 aromatic rings. The summed E-state index contributed by atoms with van der Waals surface area (Å²) in [6.45, 7) is 5.20. The number of sulfonamides is 1. The number of hydrogen-bond donors (Lipinski definition) is 1. The van der Waals surface area contributed by atoms with Gasteiger partial charge in [-0.15, -0.1) is 11.3 Å². The SMILES string of the molecule is CCCCCOc1ccc(/C=N/NS(=O)(=O)c2cccs2)cc1OCC. The second kappa shape index (κ2) is 10.2. The quantitative estimate of drug-likeness (QED) is 0.353. The lowest BCUT2D eigenvalue weighted by Crippen LogP contribution is -2.17. The predicted molar refractivity (Wildman–Crippen MR) is 105 cm³/mol. The molecule has 0 aliphatic heterocycles. The van der Waals surface area contributed by atoms with E-state index < -0.39 is 10.0 Å². The maximum absolute atomic E-state index is 12.0. The minimum Gasteiger partial charge on any atom is -0.490 e. The first-order chi connectivity index (χ1) is 12.6.